The zero-order valence-electron chi connectivity index (χ0n) is 10.5. The molecule has 0 aromatic heterocycles. The Morgan fingerprint density at radius 2 is 2.00 bits per heavy atom. The molecular formula is C13H17NO4S. The Kier molecular flexibility index (Phi) is 3.14. The largest absolute Gasteiger partial charge is 0.508 e. The van der Waals surface area contributed by atoms with E-state index in [1.807, 2.05) is 6.07 Å². The molecule has 1 aromatic carbocycles. The third-order valence-corrected chi connectivity index (χ3v) is 5.49. The number of aromatic hydroxyl groups is 1. The van der Waals surface area contributed by atoms with Crippen molar-refractivity contribution >= 4 is 9.84 Å². The van der Waals surface area contributed by atoms with Crippen molar-refractivity contribution in [3.63, 3.8) is 0 Å². The van der Waals surface area contributed by atoms with E-state index in [0.29, 0.717) is 25.2 Å². The first-order valence-electron chi connectivity index (χ1n) is 6.46. The van der Waals surface area contributed by atoms with Crippen LogP contribution in [0, 0.1) is 0 Å². The highest BCUT2D eigenvalue weighted by Crippen LogP contribution is 2.35. The average molecular weight is 283 g/mol. The zero-order chi connectivity index (χ0) is 13.5. The third kappa shape index (κ3) is 2.69. The van der Waals surface area contributed by atoms with Crippen LogP contribution in [0.4, 0.5) is 0 Å². The second kappa shape index (κ2) is 4.68. The van der Waals surface area contributed by atoms with Gasteiger partial charge in [0, 0.05) is 17.7 Å². The minimum atomic E-state index is -2.82. The van der Waals surface area contributed by atoms with Crippen LogP contribution in [-0.2, 0) is 9.84 Å². The Balaban J connectivity index is 1.67. The molecule has 2 aliphatic rings. The summed E-state index contributed by atoms with van der Waals surface area (Å²) in [4.78, 5) is 0. The number of benzene rings is 1. The van der Waals surface area contributed by atoms with Crippen molar-refractivity contribution in [3.8, 4) is 11.5 Å². The molecule has 0 amide bonds. The van der Waals surface area contributed by atoms with E-state index >= 15 is 0 Å². The molecule has 0 spiro atoms. The monoisotopic (exact) mass is 283 g/mol. The molecular weight excluding hydrogens is 266 g/mol. The molecule has 1 saturated heterocycles. The number of phenols is 1. The summed E-state index contributed by atoms with van der Waals surface area (Å²) >= 11 is 0. The van der Waals surface area contributed by atoms with Crippen LogP contribution in [0.25, 0.3) is 0 Å². The Morgan fingerprint density at radius 1 is 1.26 bits per heavy atom. The number of phenolic OH excluding ortho intramolecular Hbond substituents is 1. The number of ether oxygens (including phenoxy) is 1. The van der Waals surface area contributed by atoms with Gasteiger partial charge in [0.1, 0.15) is 27.9 Å². The maximum atomic E-state index is 11.4. The Bertz CT molecular complexity index is 570. The van der Waals surface area contributed by atoms with Gasteiger partial charge < -0.3 is 15.2 Å². The molecule has 0 aliphatic carbocycles. The molecule has 104 valence electrons. The van der Waals surface area contributed by atoms with Gasteiger partial charge in [-0.3, -0.25) is 0 Å². The summed E-state index contributed by atoms with van der Waals surface area (Å²) in [5.74, 6) is 1.44. The maximum Gasteiger partial charge on any atom is 0.150 e. The number of sulfone groups is 1. The van der Waals surface area contributed by atoms with Crippen LogP contribution >= 0.6 is 0 Å². The first kappa shape index (κ1) is 12.7. The van der Waals surface area contributed by atoms with Gasteiger partial charge in [-0.25, -0.2) is 8.42 Å². The van der Waals surface area contributed by atoms with Crippen LogP contribution in [0.15, 0.2) is 18.2 Å². The molecule has 3 rings (SSSR count). The summed E-state index contributed by atoms with van der Waals surface area (Å²) in [7, 11) is -2.82. The number of hydrogen-bond donors (Lipinski definition) is 2. The van der Waals surface area contributed by atoms with Gasteiger partial charge in [0.15, 0.2) is 0 Å². The van der Waals surface area contributed by atoms with Gasteiger partial charge in [0.2, 0.25) is 0 Å². The molecule has 2 N–H and O–H groups in total. The molecule has 6 heteroatoms. The van der Waals surface area contributed by atoms with Gasteiger partial charge in [-0.1, -0.05) is 0 Å². The van der Waals surface area contributed by atoms with Gasteiger partial charge in [0.05, 0.1) is 17.5 Å². The smallest absolute Gasteiger partial charge is 0.150 e. The second-order valence-electron chi connectivity index (χ2n) is 5.18. The molecule has 1 fully saturated rings. The number of nitrogens with one attached hydrogen (secondary N) is 1. The fraction of sp³-hybridized carbons (Fsp3) is 0.538. The fourth-order valence-electron chi connectivity index (χ4n) is 2.68. The Hall–Kier alpha value is -1.27. The van der Waals surface area contributed by atoms with Gasteiger partial charge in [-0.15, -0.1) is 0 Å². The molecule has 19 heavy (non-hydrogen) atoms. The minimum Gasteiger partial charge on any atom is -0.508 e. The maximum absolute atomic E-state index is 11.4. The van der Waals surface area contributed by atoms with E-state index in [-0.39, 0.29) is 29.3 Å². The van der Waals surface area contributed by atoms with Crippen molar-refractivity contribution < 1.29 is 18.3 Å². The first-order chi connectivity index (χ1) is 9.03. The van der Waals surface area contributed by atoms with Crippen LogP contribution < -0.4 is 10.1 Å². The number of hydrogen-bond acceptors (Lipinski definition) is 5. The van der Waals surface area contributed by atoms with E-state index in [1.54, 1.807) is 12.1 Å². The normalized spacial score (nSPS) is 25.8. The summed E-state index contributed by atoms with van der Waals surface area (Å²) in [6, 6.07) is 5.42. The van der Waals surface area contributed by atoms with Gasteiger partial charge in [0.25, 0.3) is 0 Å². The van der Waals surface area contributed by atoms with Crippen LogP contribution in [0.1, 0.15) is 24.4 Å². The standard InChI is InChI=1S/C13H17NO4S/c15-10-1-2-11-12(8-18-13(11)7-10)14-9-3-5-19(16,17)6-4-9/h1-2,7,9,12,14-15H,3-6,8H2. The van der Waals surface area contributed by atoms with E-state index in [0.717, 1.165) is 5.56 Å². The number of rotatable bonds is 2. The van der Waals surface area contributed by atoms with Crippen LogP contribution in [0.5, 0.6) is 11.5 Å². The van der Waals surface area contributed by atoms with E-state index in [9.17, 15) is 13.5 Å². The molecule has 1 atom stereocenters. The average Bonchev–Trinajstić information content (AvgIpc) is 2.74. The van der Waals surface area contributed by atoms with Crippen molar-refractivity contribution in [2.45, 2.75) is 24.9 Å². The van der Waals surface area contributed by atoms with E-state index in [4.69, 9.17) is 4.74 Å². The molecule has 0 bridgehead atoms. The second-order valence-corrected chi connectivity index (χ2v) is 7.48. The van der Waals surface area contributed by atoms with Crippen molar-refractivity contribution in [1.82, 2.24) is 5.32 Å². The lowest BCUT2D eigenvalue weighted by Crippen LogP contribution is -2.40. The molecule has 5 nitrogen and oxygen atoms in total. The van der Waals surface area contributed by atoms with Crippen molar-refractivity contribution in [3.05, 3.63) is 23.8 Å². The van der Waals surface area contributed by atoms with Crippen molar-refractivity contribution in [1.29, 1.82) is 0 Å². The van der Waals surface area contributed by atoms with Crippen molar-refractivity contribution in [2.75, 3.05) is 18.1 Å². The first-order valence-corrected chi connectivity index (χ1v) is 8.28. The van der Waals surface area contributed by atoms with E-state index in [1.165, 1.54) is 0 Å². The lowest BCUT2D eigenvalue weighted by molar-refractivity contribution is 0.291. The third-order valence-electron chi connectivity index (χ3n) is 3.77. The minimum absolute atomic E-state index is 0.0846. The highest BCUT2D eigenvalue weighted by atomic mass is 32.2. The molecule has 0 radical (unpaired) electrons. The van der Waals surface area contributed by atoms with Gasteiger partial charge in [-0.2, -0.15) is 0 Å². The van der Waals surface area contributed by atoms with E-state index < -0.39 is 9.84 Å². The van der Waals surface area contributed by atoms with Gasteiger partial charge in [-0.05, 0) is 25.0 Å². The Labute approximate surface area is 112 Å². The zero-order valence-corrected chi connectivity index (χ0v) is 11.3. The van der Waals surface area contributed by atoms with Crippen molar-refractivity contribution in [2.24, 2.45) is 0 Å². The molecule has 1 unspecified atom stereocenters. The fourth-order valence-corrected chi connectivity index (χ4v) is 4.17. The summed E-state index contributed by atoms with van der Waals surface area (Å²) in [5.41, 5.74) is 1.03. The van der Waals surface area contributed by atoms with Gasteiger partial charge >= 0.3 is 0 Å². The topological polar surface area (TPSA) is 75.6 Å². The lowest BCUT2D eigenvalue weighted by atomic mass is 10.1. The Morgan fingerprint density at radius 3 is 2.74 bits per heavy atom. The van der Waals surface area contributed by atoms with Crippen LogP contribution in [0.3, 0.4) is 0 Å². The van der Waals surface area contributed by atoms with E-state index in [2.05, 4.69) is 5.32 Å². The summed E-state index contributed by atoms with van der Waals surface area (Å²) < 4.78 is 28.3. The lowest BCUT2D eigenvalue weighted by Gasteiger charge is -2.26. The molecule has 2 heterocycles. The predicted molar refractivity (Wildman–Crippen MR) is 71.2 cm³/mol. The highest BCUT2D eigenvalue weighted by molar-refractivity contribution is 7.91. The summed E-state index contributed by atoms with van der Waals surface area (Å²) in [5, 5.41) is 12.9. The number of fused-ring (bicyclic) bond motifs is 1. The summed E-state index contributed by atoms with van der Waals surface area (Å²) in [6.45, 7) is 0.530. The summed E-state index contributed by atoms with van der Waals surface area (Å²) in [6.07, 6.45) is 1.32. The molecule has 0 saturated carbocycles. The SMILES string of the molecule is O=S1(=O)CCC(NC2COc3cc(O)ccc32)CC1. The molecule has 1 aromatic rings. The molecule has 2 aliphatic heterocycles. The van der Waals surface area contributed by atoms with Crippen LogP contribution in [-0.4, -0.2) is 37.7 Å². The quantitative estimate of drug-likeness (QED) is 0.846. The van der Waals surface area contributed by atoms with Crippen LogP contribution in [0.2, 0.25) is 0 Å². The predicted octanol–water partition coefficient (Wildman–Crippen LogP) is 0.992. The highest BCUT2D eigenvalue weighted by Gasteiger charge is 2.29.